The third-order valence-electron chi connectivity index (χ3n) is 5.63. The summed E-state index contributed by atoms with van der Waals surface area (Å²) in [6.45, 7) is 4.00. The van der Waals surface area contributed by atoms with Gasteiger partial charge in [0.15, 0.2) is 0 Å². The second-order valence-electron chi connectivity index (χ2n) is 7.63. The van der Waals surface area contributed by atoms with Gasteiger partial charge in [0.25, 0.3) is 0 Å². The van der Waals surface area contributed by atoms with Gasteiger partial charge in [0.2, 0.25) is 5.91 Å². The van der Waals surface area contributed by atoms with Gasteiger partial charge in [0, 0.05) is 55.9 Å². The molecule has 2 aromatic rings. The van der Waals surface area contributed by atoms with E-state index in [4.69, 9.17) is 0 Å². The van der Waals surface area contributed by atoms with E-state index in [0.29, 0.717) is 24.3 Å². The van der Waals surface area contributed by atoms with Crippen LogP contribution in [0.3, 0.4) is 0 Å². The topological polar surface area (TPSA) is 36.4 Å². The molecule has 2 bridgehead atoms. The average molecular weight is 370 g/mol. The van der Waals surface area contributed by atoms with Crippen LogP contribution >= 0.6 is 11.3 Å². The van der Waals surface area contributed by atoms with Crippen molar-refractivity contribution in [1.82, 2.24) is 14.8 Å². The van der Waals surface area contributed by atoms with Gasteiger partial charge in [0.1, 0.15) is 0 Å². The lowest BCUT2D eigenvalue weighted by Gasteiger charge is -2.36. The number of rotatable bonds is 6. The molecule has 138 valence electrons. The van der Waals surface area contributed by atoms with Gasteiger partial charge in [0.05, 0.1) is 0 Å². The van der Waals surface area contributed by atoms with Crippen LogP contribution in [0, 0.1) is 5.92 Å². The zero-order chi connectivity index (χ0) is 17.8. The largest absolute Gasteiger partial charge is 0.338 e. The highest BCUT2D eigenvalue weighted by atomic mass is 32.1. The van der Waals surface area contributed by atoms with Crippen LogP contribution in [-0.4, -0.2) is 46.4 Å². The summed E-state index contributed by atoms with van der Waals surface area (Å²) in [6.07, 6.45) is 8.87. The molecule has 4 nitrogen and oxygen atoms in total. The van der Waals surface area contributed by atoms with Crippen LogP contribution in [0.25, 0.3) is 0 Å². The number of hydrogen-bond acceptors (Lipinski definition) is 4. The van der Waals surface area contributed by atoms with Gasteiger partial charge in [-0.1, -0.05) is 12.1 Å². The summed E-state index contributed by atoms with van der Waals surface area (Å²) in [7, 11) is 0. The summed E-state index contributed by atoms with van der Waals surface area (Å²) in [4.78, 5) is 23.2. The molecule has 3 fully saturated rings. The van der Waals surface area contributed by atoms with Crippen LogP contribution in [0.4, 0.5) is 0 Å². The zero-order valence-corrected chi connectivity index (χ0v) is 16.0. The van der Waals surface area contributed by atoms with Crippen molar-refractivity contribution in [1.29, 1.82) is 0 Å². The molecule has 1 amide bonds. The molecule has 26 heavy (non-hydrogen) atoms. The third-order valence-corrected chi connectivity index (χ3v) is 6.57. The highest BCUT2D eigenvalue weighted by Crippen LogP contribution is 2.29. The fraction of sp³-hybridized carbons (Fsp3) is 0.524. The summed E-state index contributed by atoms with van der Waals surface area (Å²) in [5.74, 6) is 0.978. The highest BCUT2D eigenvalue weighted by Gasteiger charge is 2.36. The van der Waals surface area contributed by atoms with Crippen molar-refractivity contribution in [3.05, 3.63) is 52.5 Å². The lowest BCUT2D eigenvalue weighted by atomic mass is 9.94. The molecule has 0 aliphatic carbocycles. The Kier molecular flexibility index (Phi) is 5.65. The molecule has 2 atom stereocenters. The van der Waals surface area contributed by atoms with Gasteiger partial charge in [-0.05, 0) is 54.7 Å². The quantitative estimate of drug-likeness (QED) is 0.781. The van der Waals surface area contributed by atoms with Crippen LogP contribution in [0.15, 0.2) is 42.0 Å². The third kappa shape index (κ3) is 4.33. The van der Waals surface area contributed by atoms with Crippen molar-refractivity contribution < 1.29 is 4.79 Å². The molecule has 0 aromatic carbocycles. The average Bonchev–Trinajstić information content (AvgIpc) is 3.02. The Morgan fingerprint density at radius 2 is 2.15 bits per heavy atom. The number of thiophene rings is 1. The van der Waals surface area contributed by atoms with Crippen molar-refractivity contribution in [2.45, 2.75) is 44.7 Å². The van der Waals surface area contributed by atoms with E-state index in [-0.39, 0.29) is 0 Å². The number of nitrogens with zero attached hydrogens (tertiary/aromatic N) is 3. The number of piperidine rings is 1. The second kappa shape index (κ2) is 8.31. The van der Waals surface area contributed by atoms with Crippen LogP contribution in [0.1, 0.15) is 36.1 Å². The summed E-state index contributed by atoms with van der Waals surface area (Å²) >= 11 is 1.79. The van der Waals surface area contributed by atoms with Gasteiger partial charge < -0.3 is 4.90 Å². The van der Waals surface area contributed by atoms with E-state index in [2.05, 4.69) is 38.4 Å². The van der Waals surface area contributed by atoms with Gasteiger partial charge in [-0.2, -0.15) is 0 Å². The maximum absolute atomic E-state index is 12.8. The first kappa shape index (κ1) is 17.7. The molecule has 5 heterocycles. The number of carbonyl (C=O) groups is 1. The van der Waals surface area contributed by atoms with Crippen molar-refractivity contribution in [2.24, 2.45) is 5.92 Å². The van der Waals surface area contributed by atoms with E-state index in [0.717, 1.165) is 45.4 Å². The van der Waals surface area contributed by atoms with Crippen LogP contribution in [-0.2, 0) is 17.8 Å². The first-order valence-electron chi connectivity index (χ1n) is 9.71. The van der Waals surface area contributed by atoms with Gasteiger partial charge in [-0.25, -0.2) is 0 Å². The number of pyridine rings is 1. The van der Waals surface area contributed by atoms with Crippen LogP contribution in [0.2, 0.25) is 0 Å². The predicted molar refractivity (Wildman–Crippen MR) is 105 cm³/mol. The van der Waals surface area contributed by atoms with E-state index in [1.807, 2.05) is 18.5 Å². The lowest BCUT2D eigenvalue weighted by molar-refractivity contribution is -0.135. The van der Waals surface area contributed by atoms with Gasteiger partial charge >= 0.3 is 0 Å². The number of amides is 1. The minimum Gasteiger partial charge on any atom is -0.338 e. The van der Waals surface area contributed by atoms with Gasteiger partial charge in [-0.3, -0.25) is 14.7 Å². The summed E-state index contributed by atoms with van der Waals surface area (Å²) < 4.78 is 0. The van der Waals surface area contributed by atoms with E-state index < -0.39 is 0 Å². The molecule has 2 aromatic heterocycles. The maximum Gasteiger partial charge on any atom is 0.222 e. The maximum atomic E-state index is 12.8. The summed E-state index contributed by atoms with van der Waals surface area (Å²) in [5.41, 5.74) is 1.27. The number of hydrogen-bond donors (Lipinski definition) is 0. The number of aryl methyl sites for hydroxylation is 1. The Bertz CT molecular complexity index is 703. The molecular weight excluding hydrogens is 342 g/mol. The molecule has 5 heteroatoms. The molecule has 0 N–H and O–H groups in total. The Morgan fingerprint density at radius 3 is 2.96 bits per heavy atom. The molecule has 3 saturated heterocycles. The standard InChI is InChI=1S/C21H27N3OS/c25-21(7-1-5-20-6-3-11-26-20)24-15-18-8-9-19(24)16-23(14-18)13-17-4-2-10-22-12-17/h2-4,6,10-12,18-19H,1,5,7-9,13-16H2/t18-,19+/m0/s1. The van der Waals surface area contributed by atoms with E-state index in [1.54, 1.807) is 11.3 Å². The number of aromatic nitrogens is 1. The van der Waals surface area contributed by atoms with Crippen molar-refractivity contribution >= 4 is 17.2 Å². The van der Waals surface area contributed by atoms with Crippen molar-refractivity contribution in [3.63, 3.8) is 0 Å². The van der Waals surface area contributed by atoms with Crippen molar-refractivity contribution in [3.8, 4) is 0 Å². The number of carbonyl (C=O) groups excluding carboxylic acids is 1. The number of fused-ring (bicyclic) bond motifs is 4. The zero-order valence-electron chi connectivity index (χ0n) is 15.2. The first-order chi connectivity index (χ1) is 12.8. The molecular formula is C21H27N3OS. The summed E-state index contributed by atoms with van der Waals surface area (Å²) in [5, 5.41) is 2.11. The Morgan fingerprint density at radius 1 is 1.19 bits per heavy atom. The minimum atomic E-state index is 0.361. The minimum absolute atomic E-state index is 0.361. The van der Waals surface area contributed by atoms with E-state index in [1.165, 1.54) is 16.9 Å². The van der Waals surface area contributed by atoms with Gasteiger partial charge in [-0.15, -0.1) is 11.3 Å². The second-order valence-corrected chi connectivity index (χ2v) is 8.66. The van der Waals surface area contributed by atoms with E-state index in [9.17, 15) is 4.79 Å². The molecule has 3 aliphatic rings. The van der Waals surface area contributed by atoms with E-state index >= 15 is 0 Å². The Labute approximate surface area is 159 Å². The Balaban J connectivity index is 1.33. The molecule has 5 rings (SSSR count). The normalized spacial score (nSPS) is 23.2. The molecule has 0 spiro atoms. The van der Waals surface area contributed by atoms with Crippen LogP contribution < -0.4 is 0 Å². The van der Waals surface area contributed by atoms with Crippen molar-refractivity contribution in [2.75, 3.05) is 19.6 Å². The smallest absolute Gasteiger partial charge is 0.222 e. The molecule has 3 aliphatic heterocycles. The Hall–Kier alpha value is -1.72. The van der Waals surface area contributed by atoms with Crippen LogP contribution in [0.5, 0.6) is 0 Å². The predicted octanol–water partition coefficient (Wildman–Crippen LogP) is 3.59. The fourth-order valence-corrected chi connectivity index (χ4v) is 5.13. The molecule has 0 radical (unpaired) electrons. The monoisotopic (exact) mass is 369 g/mol. The SMILES string of the molecule is O=C(CCCc1cccs1)N1C[C@H]2CC[C@@H]1CN(Cc1cccnc1)C2. The molecule has 0 unspecified atom stereocenters. The fourth-order valence-electron chi connectivity index (χ4n) is 4.38. The highest BCUT2D eigenvalue weighted by molar-refractivity contribution is 7.09. The first-order valence-corrected chi connectivity index (χ1v) is 10.6. The molecule has 0 saturated carbocycles. The summed E-state index contributed by atoms with van der Waals surface area (Å²) in [6, 6.07) is 8.80. The lowest BCUT2D eigenvalue weighted by Crippen LogP contribution is -2.47.